The number of fused-ring (bicyclic) bond motifs is 1. The van der Waals surface area contributed by atoms with Crippen LogP contribution in [-0.4, -0.2) is 34.3 Å². The number of carbonyl (C=O) groups excluding carboxylic acids is 2. The van der Waals surface area contributed by atoms with Crippen LogP contribution < -0.4 is 5.32 Å². The number of rotatable bonds is 6. The largest absolute Gasteiger partial charge is 0.465 e. The molecule has 8 heteroatoms. The highest BCUT2D eigenvalue weighted by Crippen LogP contribution is 2.40. The van der Waals surface area contributed by atoms with Crippen LogP contribution in [0, 0.1) is 5.92 Å². The van der Waals surface area contributed by atoms with Crippen LogP contribution in [0.15, 0.2) is 17.6 Å². The molecule has 1 unspecified atom stereocenters. The van der Waals surface area contributed by atoms with Crippen molar-refractivity contribution in [1.82, 2.24) is 9.55 Å². The van der Waals surface area contributed by atoms with Gasteiger partial charge in [-0.25, -0.2) is 9.78 Å². The first-order valence-corrected chi connectivity index (χ1v) is 11.0. The molecule has 1 amide bonds. The minimum absolute atomic E-state index is 0.123. The van der Waals surface area contributed by atoms with Gasteiger partial charge in [-0.1, -0.05) is 18.7 Å². The summed E-state index contributed by atoms with van der Waals surface area (Å²) in [6.45, 7) is 2.22. The molecule has 0 spiro atoms. The van der Waals surface area contributed by atoms with Crippen LogP contribution in [0.4, 0.5) is 5.00 Å². The lowest BCUT2D eigenvalue weighted by Gasteiger charge is -2.18. The number of anilines is 1. The fourth-order valence-electron chi connectivity index (χ4n) is 3.49. The van der Waals surface area contributed by atoms with Gasteiger partial charge >= 0.3 is 5.97 Å². The molecular formula is C19H23N3O3S2. The number of thioether (sulfide) groups is 1. The van der Waals surface area contributed by atoms with Crippen molar-refractivity contribution in [3.8, 4) is 0 Å². The van der Waals surface area contributed by atoms with Crippen LogP contribution >= 0.6 is 23.1 Å². The van der Waals surface area contributed by atoms with Crippen LogP contribution in [0.25, 0.3) is 0 Å². The molecule has 0 saturated heterocycles. The number of carbonyl (C=O) groups is 2. The normalized spacial score (nSPS) is 18.8. The van der Waals surface area contributed by atoms with Crippen molar-refractivity contribution in [2.45, 2.75) is 50.2 Å². The summed E-state index contributed by atoms with van der Waals surface area (Å²) in [4.78, 5) is 30.4. The van der Waals surface area contributed by atoms with Gasteiger partial charge in [-0.15, -0.1) is 11.3 Å². The first-order valence-electron chi connectivity index (χ1n) is 9.25. The second-order valence-corrected chi connectivity index (χ2v) is 9.28. The van der Waals surface area contributed by atoms with Crippen LogP contribution in [0.1, 0.15) is 53.0 Å². The molecular weight excluding hydrogens is 382 g/mol. The fourth-order valence-corrected chi connectivity index (χ4v) is 5.73. The third kappa shape index (κ3) is 3.91. The van der Waals surface area contributed by atoms with Crippen LogP contribution in [0.2, 0.25) is 0 Å². The van der Waals surface area contributed by atoms with Crippen molar-refractivity contribution in [2.75, 3.05) is 18.2 Å². The summed E-state index contributed by atoms with van der Waals surface area (Å²) in [6, 6.07) is 0.537. The molecule has 27 heavy (non-hydrogen) atoms. The van der Waals surface area contributed by atoms with Gasteiger partial charge in [0.2, 0.25) is 5.91 Å². The Bertz CT molecular complexity index is 870. The van der Waals surface area contributed by atoms with Gasteiger partial charge in [-0.2, -0.15) is 0 Å². The lowest BCUT2D eigenvalue weighted by Crippen LogP contribution is -2.17. The maximum absolute atomic E-state index is 12.5. The van der Waals surface area contributed by atoms with Gasteiger partial charge in [0.1, 0.15) is 5.00 Å². The summed E-state index contributed by atoms with van der Waals surface area (Å²) < 4.78 is 7.12. The monoisotopic (exact) mass is 405 g/mol. The predicted molar refractivity (Wildman–Crippen MR) is 107 cm³/mol. The molecule has 2 aromatic heterocycles. The number of hydrogen-bond donors (Lipinski definition) is 1. The highest BCUT2D eigenvalue weighted by atomic mass is 32.2. The predicted octanol–water partition coefficient (Wildman–Crippen LogP) is 3.92. The molecule has 2 heterocycles. The number of ether oxygens (including phenoxy) is 1. The van der Waals surface area contributed by atoms with Gasteiger partial charge in [0.15, 0.2) is 5.16 Å². The van der Waals surface area contributed by atoms with Crippen molar-refractivity contribution in [3.63, 3.8) is 0 Å². The molecule has 144 valence electrons. The average Bonchev–Trinajstić information content (AvgIpc) is 3.28. The Morgan fingerprint density at radius 1 is 1.41 bits per heavy atom. The fraction of sp³-hybridized carbons (Fsp3) is 0.526. The summed E-state index contributed by atoms with van der Waals surface area (Å²) in [7, 11) is 1.39. The van der Waals surface area contributed by atoms with E-state index in [2.05, 4.69) is 21.8 Å². The van der Waals surface area contributed by atoms with E-state index in [-0.39, 0.29) is 17.6 Å². The van der Waals surface area contributed by atoms with E-state index in [1.165, 1.54) is 47.9 Å². The van der Waals surface area contributed by atoms with E-state index in [9.17, 15) is 9.59 Å². The van der Waals surface area contributed by atoms with Crippen molar-refractivity contribution in [3.05, 3.63) is 28.4 Å². The Kier molecular flexibility index (Phi) is 5.27. The number of methoxy groups -OCH3 is 1. The molecule has 0 radical (unpaired) electrons. The molecule has 1 atom stereocenters. The molecule has 4 rings (SSSR count). The van der Waals surface area contributed by atoms with Gasteiger partial charge in [0.25, 0.3) is 0 Å². The number of thiophene rings is 1. The van der Waals surface area contributed by atoms with Crippen molar-refractivity contribution >= 4 is 40.0 Å². The van der Waals surface area contributed by atoms with Gasteiger partial charge in [0.05, 0.1) is 18.4 Å². The van der Waals surface area contributed by atoms with Crippen LogP contribution in [0.5, 0.6) is 0 Å². The van der Waals surface area contributed by atoms with Gasteiger partial charge in [-0.3, -0.25) is 4.79 Å². The first-order chi connectivity index (χ1) is 13.1. The number of hydrogen-bond acceptors (Lipinski definition) is 6. The van der Waals surface area contributed by atoms with Crippen molar-refractivity contribution in [1.29, 1.82) is 0 Å². The van der Waals surface area contributed by atoms with E-state index in [0.717, 1.165) is 30.0 Å². The van der Waals surface area contributed by atoms with E-state index in [1.807, 2.05) is 6.20 Å². The Morgan fingerprint density at radius 2 is 2.22 bits per heavy atom. The Hall–Kier alpha value is -1.80. The molecule has 1 saturated carbocycles. The van der Waals surface area contributed by atoms with Crippen molar-refractivity contribution in [2.24, 2.45) is 5.92 Å². The number of nitrogens with one attached hydrogen (secondary N) is 1. The lowest BCUT2D eigenvalue weighted by atomic mass is 9.88. The Labute approximate surface area is 166 Å². The summed E-state index contributed by atoms with van der Waals surface area (Å²) in [5.41, 5.74) is 1.60. The third-order valence-corrected chi connectivity index (χ3v) is 7.21. The highest BCUT2D eigenvalue weighted by Gasteiger charge is 2.29. The summed E-state index contributed by atoms with van der Waals surface area (Å²) in [5.74, 6) is 0.377. The molecule has 1 N–H and O–H groups in total. The first kappa shape index (κ1) is 18.6. The number of imidazole rings is 1. The molecule has 2 aliphatic rings. The SMILES string of the molecule is COC(=O)c1c(NC(=O)CSc2nccn2C2CC2)sc2c1CCC(C)C2. The molecule has 2 aromatic rings. The quantitative estimate of drug-likeness (QED) is 0.582. The third-order valence-electron chi connectivity index (χ3n) is 5.06. The van der Waals surface area contributed by atoms with E-state index >= 15 is 0 Å². The van der Waals surface area contributed by atoms with Gasteiger partial charge in [0, 0.05) is 23.3 Å². The molecule has 0 aliphatic heterocycles. The average molecular weight is 406 g/mol. The Balaban J connectivity index is 1.47. The topological polar surface area (TPSA) is 73.2 Å². The maximum atomic E-state index is 12.5. The summed E-state index contributed by atoms with van der Waals surface area (Å²) in [5, 5.41) is 4.44. The zero-order valence-corrected chi connectivity index (χ0v) is 17.1. The summed E-state index contributed by atoms with van der Waals surface area (Å²) >= 11 is 2.95. The van der Waals surface area contributed by atoms with E-state index in [0.29, 0.717) is 22.5 Å². The second-order valence-electron chi connectivity index (χ2n) is 7.23. The number of amides is 1. The lowest BCUT2D eigenvalue weighted by molar-refractivity contribution is -0.113. The Morgan fingerprint density at radius 3 is 2.96 bits per heavy atom. The van der Waals surface area contributed by atoms with Crippen molar-refractivity contribution < 1.29 is 14.3 Å². The molecule has 1 fully saturated rings. The van der Waals surface area contributed by atoms with E-state index in [1.54, 1.807) is 6.20 Å². The maximum Gasteiger partial charge on any atom is 0.341 e. The van der Waals surface area contributed by atoms with Crippen LogP contribution in [0.3, 0.4) is 0 Å². The summed E-state index contributed by atoms with van der Waals surface area (Å²) in [6.07, 6.45) is 8.98. The standard InChI is InChI=1S/C19H23N3O3S2/c1-11-3-6-13-14(9-11)27-17(16(13)18(24)25-2)21-15(23)10-26-19-20-7-8-22(19)12-4-5-12/h7-8,11-12H,3-6,9-10H2,1-2H3,(H,21,23). The number of nitrogens with zero attached hydrogens (tertiary/aromatic N) is 2. The minimum atomic E-state index is -0.366. The van der Waals surface area contributed by atoms with Crippen LogP contribution in [-0.2, 0) is 22.4 Å². The second kappa shape index (κ2) is 7.67. The minimum Gasteiger partial charge on any atom is -0.465 e. The number of esters is 1. The molecule has 2 aliphatic carbocycles. The molecule has 0 aromatic carbocycles. The highest BCUT2D eigenvalue weighted by molar-refractivity contribution is 7.99. The molecule has 6 nitrogen and oxygen atoms in total. The van der Waals surface area contributed by atoms with Gasteiger partial charge in [-0.05, 0) is 43.6 Å². The van der Waals surface area contributed by atoms with E-state index in [4.69, 9.17) is 4.74 Å². The molecule has 0 bridgehead atoms. The zero-order chi connectivity index (χ0) is 19.0. The zero-order valence-electron chi connectivity index (χ0n) is 15.5. The smallest absolute Gasteiger partial charge is 0.341 e. The van der Waals surface area contributed by atoms with E-state index < -0.39 is 0 Å². The van der Waals surface area contributed by atoms with Gasteiger partial charge < -0.3 is 14.6 Å². The number of aromatic nitrogens is 2.